The second kappa shape index (κ2) is 7.56. The van der Waals surface area contributed by atoms with Crippen LogP contribution in [0.3, 0.4) is 0 Å². The Bertz CT molecular complexity index is 968. The molecule has 0 aliphatic carbocycles. The summed E-state index contributed by atoms with van der Waals surface area (Å²) in [4.78, 5) is 13.5. The molecule has 2 N–H and O–H groups in total. The van der Waals surface area contributed by atoms with Crippen molar-refractivity contribution in [3.63, 3.8) is 0 Å². The number of carbonyl (C=O) groups is 1. The third kappa shape index (κ3) is 4.36. The fourth-order valence-corrected chi connectivity index (χ4v) is 3.96. The molecule has 0 radical (unpaired) electrons. The van der Waals surface area contributed by atoms with Crippen LogP contribution in [0.4, 0.5) is 18.9 Å². The van der Waals surface area contributed by atoms with Crippen molar-refractivity contribution in [1.29, 1.82) is 0 Å². The van der Waals surface area contributed by atoms with E-state index in [9.17, 15) is 26.4 Å². The molecule has 0 atom stereocenters. The predicted molar refractivity (Wildman–Crippen MR) is 98.5 cm³/mol. The van der Waals surface area contributed by atoms with E-state index in [0.717, 1.165) is 12.1 Å². The minimum Gasteiger partial charge on any atom is -0.371 e. The Morgan fingerprint density at radius 1 is 1.04 bits per heavy atom. The van der Waals surface area contributed by atoms with Gasteiger partial charge in [-0.1, -0.05) is 30.3 Å². The lowest BCUT2D eigenvalue weighted by Crippen LogP contribution is -2.37. The first-order chi connectivity index (χ1) is 13.1. The number of ketones is 1. The van der Waals surface area contributed by atoms with Crippen LogP contribution in [0, 0.1) is 5.92 Å². The zero-order valence-electron chi connectivity index (χ0n) is 14.8. The standard InChI is InChI=1S/C19H19F3N2O3S/c20-19(21,22)16-12-15(28(23,26)27)6-7-17(16)24-10-8-14(9-11-24)18(25)13-4-2-1-3-5-13/h1-7,12,14H,8-11H2,(H2,23,26,27). The predicted octanol–water partition coefficient (Wildman–Crippen LogP) is 3.45. The van der Waals surface area contributed by atoms with E-state index < -0.39 is 26.7 Å². The fourth-order valence-electron chi connectivity index (χ4n) is 3.42. The number of rotatable bonds is 4. The maximum Gasteiger partial charge on any atom is 0.418 e. The van der Waals surface area contributed by atoms with E-state index in [1.807, 2.05) is 6.07 Å². The van der Waals surface area contributed by atoms with Crippen LogP contribution in [0.5, 0.6) is 0 Å². The molecule has 0 aromatic heterocycles. The van der Waals surface area contributed by atoms with E-state index in [1.165, 1.54) is 4.90 Å². The average molecular weight is 412 g/mol. The number of benzene rings is 2. The van der Waals surface area contributed by atoms with Gasteiger partial charge in [0.15, 0.2) is 5.78 Å². The molecule has 3 rings (SSSR count). The number of anilines is 1. The van der Waals surface area contributed by atoms with Crippen LogP contribution < -0.4 is 10.0 Å². The van der Waals surface area contributed by atoms with Gasteiger partial charge in [-0.05, 0) is 31.0 Å². The SMILES string of the molecule is NS(=O)(=O)c1ccc(N2CCC(C(=O)c3ccccc3)CC2)c(C(F)(F)F)c1. The maximum absolute atomic E-state index is 13.5. The van der Waals surface area contributed by atoms with Crippen molar-refractivity contribution in [3.05, 3.63) is 59.7 Å². The summed E-state index contributed by atoms with van der Waals surface area (Å²) in [6, 6.07) is 11.6. The Balaban J connectivity index is 1.81. The minimum atomic E-state index is -4.73. The molecule has 1 fully saturated rings. The van der Waals surface area contributed by atoms with Gasteiger partial charge in [0.05, 0.1) is 10.5 Å². The van der Waals surface area contributed by atoms with Gasteiger partial charge >= 0.3 is 6.18 Å². The van der Waals surface area contributed by atoms with Crippen LogP contribution in [-0.2, 0) is 16.2 Å². The molecule has 1 aliphatic rings. The van der Waals surface area contributed by atoms with Gasteiger partial charge in [0.25, 0.3) is 0 Å². The number of primary sulfonamides is 1. The molecule has 1 saturated heterocycles. The van der Waals surface area contributed by atoms with Crippen LogP contribution >= 0.6 is 0 Å². The van der Waals surface area contributed by atoms with Crippen LogP contribution in [0.2, 0.25) is 0 Å². The molecule has 150 valence electrons. The van der Waals surface area contributed by atoms with Crippen molar-refractivity contribution in [2.45, 2.75) is 23.9 Å². The number of halogens is 3. The fraction of sp³-hybridized carbons (Fsp3) is 0.316. The zero-order chi connectivity index (χ0) is 20.5. The smallest absolute Gasteiger partial charge is 0.371 e. The van der Waals surface area contributed by atoms with Gasteiger partial charge in [-0.25, -0.2) is 13.6 Å². The number of hydrogen-bond donors (Lipinski definition) is 1. The van der Waals surface area contributed by atoms with Crippen molar-refractivity contribution in [1.82, 2.24) is 0 Å². The lowest BCUT2D eigenvalue weighted by atomic mass is 9.88. The zero-order valence-corrected chi connectivity index (χ0v) is 15.6. The number of nitrogens with two attached hydrogens (primary N) is 1. The molecule has 5 nitrogen and oxygen atoms in total. The van der Waals surface area contributed by atoms with E-state index in [-0.39, 0.29) is 30.5 Å². The van der Waals surface area contributed by atoms with Crippen LogP contribution in [-0.4, -0.2) is 27.3 Å². The highest BCUT2D eigenvalue weighted by atomic mass is 32.2. The van der Waals surface area contributed by atoms with Crippen molar-refractivity contribution < 1.29 is 26.4 Å². The first-order valence-corrected chi connectivity index (χ1v) is 10.2. The molecule has 0 amide bonds. The first-order valence-electron chi connectivity index (χ1n) is 8.65. The van der Waals surface area contributed by atoms with Crippen molar-refractivity contribution in [3.8, 4) is 0 Å². The van der Waals surface area contributed by atoms with Crippen molar-refractivity contribution >= 4 is 21.5 Å². The number of nitrogens with zero attached hydrogens (tertiary/aromatic N) is 1. The van der Waals surface area contributed by atoms with E-state index in [4.69, 9.17) is 5.14 Å². The monoisotopic (exact) mass is 412 g/mol. The molecule has 2 aromatic carbocycles. The van der Waals surface area contributed by atoms with Crippen LogP contribution in [0.25, 0.3) is 0 Å². The van der Waals surface area contributed by atoms with Crippen LogP contribution in [0.1, 0.15) is 28.8 Å². The highest BCUT2D eigenvalue weighted by molar-refractivity contribution is 7.89. The highest BCUT2D eigenvalue weighted by Crippen LogP contribution is 2.39. The molecular weight excluding hydrogens is 393 g/mol. The Kier molecular flexibility index (Phi) is 5.49. The quantitative estimate of drug-likeness (QED) is 0.780. The summed E-state index contributed by atoms with van der Waals surface area (Å²) in [7, 11) is -4.25. The average Bonchev–Trinajstić information content (AvgIpc) is 2.66. The number of sulfonamides is 1. The van der Waals surface area contributed by atoms with E-state index in [0.29, 0.717) is 24.5 Å². The number of Topliss-reactive ketones (excluding diaryl/α,β-unsaturated/α-hetero) is 1. The van der Waals surface area contributed by atoms with Gasteiger partial charge in [-0.3, -0.25) is 4.79 Å². The lowest BCUT2D eigenvalue weighted by molar-refractivity contribution is -0.137. The first kappa shape index (κ1) is 20.3. The summed E-state index contributed by atoms with van der Waals surface area (Å²) >= 11 is 0. The molecule has 1 heterocycles. The number of hydrogen-bond acceptors (Lipinski definition) is 4. The Morgan fingerprint density at radius 2 is 1.64 bits per heavy atom. The van der Waals surface area contributed by atoms with Crippen LogP contribution in [0.15, 0.2) is 53.4 Å². The summed E-state index contributed by atoms with van der Waals surface area (Å²) < 4.78 is 63.3. The van der Waals surface area contributed by atoms with Crippen molar-refractivity contribution in [2.24, 2.45) is 11.1 Å². The second-order valence-corrected chi connectivity index (χ2v) is 8.27. The molecule has 0 saturated carbocycles. The molecule has 0 unspecified atom stereocenters. The third-order valence-corrected chi connectivity index (χ3v) is 5.78. The van der Waals surface area contributed by atoms with E-state index >= 15 is 0 Å². The highest BCUT2D eigenvalue weighted by Gasteiger charge is 2.37. The largest absolute Gasteiger partial charge is 0.418 e. The van der Waals surface area contributed by atoms with Gasteiger partial charge < -0.3 is 4.90 Å². The number of piperidine rings is 1. The number of carbonyl (C=O) groups excluding carboxylic acids is 1. The summed E-state index contributed by atoms with van der Waals surface area (Å²) in [5.41, 5.74) is -0.563. The van der Waals surface area contributed by atoms with E-state index in [1.54, 1.807) is 24.3 Å². The van der Waals surface area contributed by atoms with Gasteiger partial charge in [-0.15, -0.1) is 0 Å². The third-order valence-electron chi connectivity index (χ3n) is 4.87. The summed E-state index contributed by atoms with van der Waals surface area (Å²) in [5, 5.41) is 4.96. The second-order valence-electron chi connectivity index (χ2n) is 6.71. The lowest BCUT2D eigenvalue weighted by Gasteiger charge is -2.34. The summed E-state index contributed by atoms with van der Waals surface area (Å²) in [5.74, 6) is -0.266. The number of alkyl halides is 3. The van der Waals surface area contributed by atoms with Crippen molar-refractivity contribution in [2.75, 3.05) is 18.0 Å². The Morgan fingerprint density at radius 3 is 2.18 bits per heavy atom. The summed E-state index contributed by atoms with van der Waals surface area (Å²) in [6.07, 6.45) is -3.89. The molecule has 0 bridgehead atoms. The summed E-state index contributed by atoms with van der Waals surface area (Å²) in [6.45, 7) is 0.530. The molecular formula is C19H19F3N2O3S. The molecule has 1 aliphatic heterocycles. The van der Waals surface area contributed by atoms with Gasteiger partial charge in [0.2, 0.25) is 10.0 Å². The minimum absolute atomic E-state index is 0.0131. The molecule has 0 spiro atoms. The molecule has 2 aromatic rings. The van der Waals surface area contributed by atoms with Gasteiger partial charge in [0.1, 0.15) is 0 Å². The van der Waals surface area contributed by atoms with Gasteiger partial charge in [-0.2, -0.15) is 13.2 Å². The Labute approximate surface area is 161 Å². The topological polar surface area (TPSA) is 80.5 Å². The molecule has 9 heteroatoms. The maximum atomic E-state index is 13.5. The van der Waals surface area contributed by atoms with E-state index in [2.05, 4.69) is 0 Å². The molecule has 28 heavy (non-hydrogen) atoms. The van der Waals surface area contributed by atoms with Gasteiger partial charge in [0, 0.05) is 30.3 Å². The Hall–Kier alpha value is -2.39. The normalized spacial score (nSPS) is 16.2.